The number of hydrazine groups is 1. The molecule has 1 aromatic carbocycles. The molecule has 78 heavy (non-hydrogen) atoms. The van der Waals surface area contributed by atoms with Crippen molar-refractivity contribution in [3.63, 3.8) is 0 Å². The molecule has 0 saturated carbocycles. The van der Waals surface area contributed by atoms with Crippen LogP contribution in [-0.2, 0) is 44.7 Å². The van der Waals surface area contributed by atoms with E-state index in [1.807, 2.05) is 52.8 Å². The molecule has 4 aliphatic rings. The third-order valence-electron chi connectivity index (χ3n) is 16.9. The Morgan fingerprint density at radius 2 is 1.68 bits per heavy atom. The van der Waals surface area contributed by atoms with Gasteiger partial charge in [-0.15, -0.1) is 0 Å². The van der Waals surface area contributed by atoms with E-state index in [4.69, 9.17) is 9.47 Å². The molecule has 0 radical (unpaired) electrons. The van der Waals surface area contributed by atoms with E-state index in [-0.39, 0.29) is 79.3 Å². The van der Waals surface area contributed by atoms with Crippen LogP contribution in [0.1, 0.15) is 139 Å². The van der Waals surface area contributed by atoms with Crippen molar-refractivity contribution in [3.05, 3.63) is 77.9 Å². The monoisotopic (exact) mass is 1090 g/mol. The molecule has 3 fully saturated rings. The van der Waals surface area contributed by atoms with Crippen LogP contribution in [0.4, 0.5) is 0 Å². The van der Waals surface area contributed by atoms with E-state index in [9.17, 15) is 54.3 Å². The number of Topliss-reactive ketones (excluding diaryl/α,β-unsaturated/α-hetero) is 1. The number of nitrogens with zero attached hydrogens (tertiary/aromatic N) is 1. The average Bonchev–Trinajstić information content (AvgIpc) is 3.51. The number of carbonyl (C=O) groups is 6. The van der Waals surface area contributed by atoms with Gasteiger partial charge in [0.05, 0.1) is 36.4 Å². The summed E-state index contributed by atoms with van der Waals surface area (Å²) in [5.74, 6) is -6.33. The highest BCUT2D eigenvalue weighted by Crippen LogP contribution is 2.46. The molecule has 5 rings (SSSR count). The molecule has 1 aromatic rings. The van der Waals surface area contributed by atoms with Gasteiger partial charge in [0, 0.05) is 61.8 Å². The highest BCUT2D eigenvalue weighted by Gasteiger charge is 2.57. The summed E-state index contributed by atoms with van der Waals surface area (Å²) in [7, 11) is 0. The van der Waals surface area contributed by atoms with Gasteiger partial charge in [0.15, 0.2) is 0 Å². The first-order chi connectivity index (χ1) is 36.9. The number of ether oxygens (including phenoxy) is 2. The SMILES string of the molecule is CC[C@H]1C[C@H](C)[C@@]2(NC1=O)O[C@@H](C[C@H](O)[C@@H](C)CC/C=C/C=C(\C)[C@@H]1C/C=C/C=C/[C@H](O)[C@H](C)[C@@H](O)C(CCC(C)=O)C(=O)N[C@@H](C(C)C)C(=O)N[C@@H](Cc3cccc(O)c3)C(=O)N3CCCC(N3)C(=O)O1)[C@H](C)[C@H](O)[C@@H]2C. The summed E-state index contributed by atoms with van der Waals surface area (Å²) in [4.78, 5) is 82.2. The van der Waals surface area contributed by atoms with Crippen LogP contribution in [0.2, 0.25) is 0 Å². The smallest absolute Gasteiger partial charge is 0.325 e. The maximum absolute atomic E-state index is 14.5. The maximum Gasteiger partial charge on any atom is 0.325 e. The lowest BCUT2D eigenvalue weighted by Crippen LogP contribution is -2.71. The van der Waals surface area contributed by atoms with Crippen molar-refractivity contribution in [1.29, 1.82) is 0 Å². The fourth-order valence-electron chi connectivity index (χ4n) is 11.3. The number of ketones is 1. The third kappa shape index (κ3) is 16.7. The van der Waals surface area contributed by atoms with Crippen LogP contribution in [0.15, 0.2) is 72.4 Å². The number of benzene rings is 1. The topological polar surface area (TPSA) is 273 Å². The largest absolute Gasteiger partial charge is 0.508 e. The Hall–Kier alpha value is -5.24. The number of cyclic esters (lactones) is 1. The lowest BCUT2D eigenvalue weighted by Gasteiger charge is -2.56. The molecule has 4 heterocycles. The van der Waals surface area contributed by atoms with Crippen LogP contribution in [0.25, 0.3) is 0 Å². The van der Waals surface area contributed by atoms with Gasteiger partial charge in [-0.2, -0.15) is 0 Å². The highest BCUT2D eigenvalue weighted by atomic mass is 16.5. The lowest BCUT2D eigenvalue weighted by molar-refractivity contribution is -0.267. The van der Waals surface area contributed by atoms with Crippen LogP contribution >= 0.6 is 0 Å². The van der Waals surface area contributed by atoms with Crippen LogP contribution in [0, 0.1) is 47.3 Å². The number of nitrogens with one attached hydrogen (secondary N) is 4. The number of piperidine rings is 1. The van der Waals surface area contributed by atoms with E-state index in [2.05, 4.69) is 28.3 Å². The number of carbonyl (C=O) groups excluding carboxylic acids is 6. The van der Waals surface area contributed by atoms with Crippen molar-refractivity contribution < 1.29 is 63.8 Å². The zero-order valence-corrected chi connectivity index (χ0v) is 47.6. The van der Waals surface area contributed by atoms with E-state index >= 15 is 0 Å². The summed E-state index contributed by atoms with van der Waals surface area (Å²) in [6, 6.07) is 2.90. The summed E-state index contributed by atoms with van der Waals surface area (Å²) in [5.41, 5.74) is 3.27. The first-order valence-corrected chi connectivity index (χ1v) is 28.4. The third-order valence-corrected chi connectivity index (χ3v) is 16.9. The number of phenolic OH excluding ortho intramolecular Hbond substituents is 1. The number of hydrogen-bond donors (Lipinski definition) is 9. The normalized spacial score (nSPS) is 34.9. The van der Waals surface area contributed by atoms with Gasteiger partial charge in [-0.25, -0.2) is 5.43 Å². The number of fused-ring (bicyclic) bond motifs is 2. The zero-order chi connectivity index (χ0) is 57.6. The summed E-state index contributed by atoms with van der Waals surface area (Å²) < 4.78 is 12.9. The second-order valence-corrected chi connectivity index (χ2v) is 23.2. The predicted molar refractivity (Wildman–Crippen MR) is 295 cm³/mol. The van der Waals surface area contributed by atoms with E-state index in [0.717, 1.165) is 6.42 Å². The van der Waals surface area contributed by atoms with Crippen molar-refractivity contribution in [2.45, 2.75) is 200 Å². The number of amides is 4. The van der Waals surface area contributed by atoms with Gasteiger partial charge in [-0.05, 0) is 93.9 Å². The van der Waals surface area contributed by atoms with Gasteiger partial charge in [-0.1, -0.05) is 110 Å². The van der Waals surface area contributed by atoms with E-state index in [1.54, 1.807) is 51.1 Å². The number of aliphatic hydroxyl groups is 4. The molecule has 0 aliphatic carbocycles. The minimum atomic E-state index is -1.43. The van der Waals surface area contributed by atoms with Crippen molar-refractivity contribution >= 4 is 35.4 Å². The Bertz CT molecular complexity index is 2340. The van der Waals surface area contributed by atoms with Crippen molar-refractivity contribution in [2.24, 2.45) is 47.3 Å². The summed E-state index contributed by atoms with van der Waals surface area (Å²) in [6.07, 6.45) is 10.6. The van der Waals surface area contributed by atoms with Crippen LogP contribution in [0.5, 0.6) is 5.75 Å². The van der Waals surface area contributed by atoms with E-state index < -0.39 is 102 Å². The lowest BCUT2D eigenvalue weighted by atomic mass is 9.69. The van der Waals surface area contributed by atoms with Crippen LogP contribution in [-0.4, -0.2) is 133 Å². The molecule has 0 aromatic heterocycles. The fourth-order valence-corrected chi connectivity index (χ4v) is 11.3. The summed E-state index contributed by atoms with van der Waals surface area (Å²) in [5, 5.41) is 66.1. The average molecular weight is 1090 g/mol. The molecular weight excluding hydrogens is 999 g/mol. The molecule has 3 saturated heterocycles. The van der Waals surface area contributed by atoms with Gasteiger partial charge in [0.2, 0.25) is 17.7 Å². The van der Waals surface area contributed by atoms with Gasteiger partial charge in [0.25, 0.3) is 5.91 Å². The Morgan fingerprint density at radius 3 is 2.36 bits per heavy atom. The second-order valence-electron chi connectivity index (χ2n) is 23.2. The number of aliphatic hydroxyl groups excluding tert-OH is 4. The molecule has 434 valence electrons. The number of hydrogen-bond acceptors (Lipinski definition) is 14. The van der Waals surface area contributed by atoms with Gasteiger partial charge in [0.1, 0.15) is 41.5 Å². The molecule has 18 nitrogen and oxygen atoms in total. The first-order valence-electron chi connectivity index (χ1n) is 28.4. The Balaban J connectivity index is 1.35. The molecule has 2 bridgehead atoms. The summed E-state index contributed by atoms with van der Waals surface area (Å²) in [6.45, 7) is 18.3. The minimum absolute atomic E-state index is 0.0254. The minimum Gasteiger partial charge on any atom is -0.508 e. The van der Waals surface area contributed by atoms with Crippen LogP contribution < -0.4 is 21.4 Å². The standard InChI is InChI=1S/C60H91N5O13/c1-11-43-30-37(6)60(63-55(43)72)41(10)53(70)40(9)51(78-60)33-49(69)35(4)20-14-12-15-21-36(5)50-26-17-13-16-25-48(68)39(8)54(71)45(28-27-38(7)66)56(73)62-52(34(2)3)57(74)61-47(32-42-22-18-23-44(67)31-42)58(75)65-29-19-24-46(64-65)59(76)77-50/h12-13,15-18,21-23,25,31,34-35,37,39-41,43,45-54,64,67-71H,11,14,19-20,24,26-30,32-33H2,1-10H3,(H,61,74)(H,62,73)(H,63,72)/b15-12+,17-13+,25-16+,36-21+/t35-,37-,39-,40-,41-,43-,45?,46?,47-,48-,49-,50-,51-,52-,53-,54+,60+/m0/s1. The summed E-state index contributed by atoms with van der Waals surface area (Å²) >= 11 is 0. The number of rotatable bonds is 15. The Kier molecular flexibility index (Phi) is 23.9. The van der Waals surface area contributed by atoms with Gasteiger partial charge >= 0.3 is 5.97 Å². The Morgan fingerprint density at radius 1 is 0.949 bits per heavy atom. The molecule has 9 N–H and O–H groups in total. The quantitative estimate of drug-likeness (QED) is 0.0786. The first kappa shape index (κ1) is 63.6. The maximum atomic E-state index is 14.5. The predicted octanol–water partition coefficient (Wildman–Crippen LogP) is 5.41. The van der Waals surface area contributed by atoms with Crippen molar-refractivity contribution in [2.75, 3.05) is 6.54 Å². The zero-order valence-electron chi connectivity index (χ0n) is 47.6. The second kappa shape index (κ2) is 29.3. The molecule has 4 aliphatic heterocycles. The van der Waals surface area contributed by atoms with Gasteiger partial charge < -0.3 is 55.8 Å². The van der Waals surface area contributed by atoms with E-state index in [0.29, 0.717) is 49.7 Å². The molecule has 2 unspecified atom stereocenters. The number of phenols is 1. The Labute approximate surface area is 461 Å². The number of allylic oxidation sites excluding steroid dienone is 5. The molecule has 18 heteroatoms. The van der Waals surface area contributed by atoms with Crippen molar-refractivity contribution in [3.8, 4) is 5.75 Å². The highest BCUT2D eigenvalue weighted by molar-refractivity contribution is 5.93. The fraction of sp³-hybridized carbons (Fsp3) is 0.667. The molecule has 4 amide bonds. The number of aromatic hydroxyl groups is 1. The van der Waals surface area contributed by atoms with Gasteiger partial charge in [-0.3, -0.25) is 29.0 Å². The molecule has 1 spiro atoms. The number of esters is 1. The molecule has 17 atom stereocenters. The van der Waals surface area contributed by atoms with Crippen LogP contribution in [0.3, 0.4) is 0 Å². The molecular formula is C60H91N5O13. The van der Waals surface area contributed by atoms with E-state index in [1.165, 1.54) is 30.1 Å². The van der Waals surface area contributed by atoms with Crippen molar-refractivity contribution in [1.82, 2.24) is 26.4 Å².